The summed E-state index contributed by atoms with van der Waals surface area (Å²) in [4.78, 5) is 17.0. The van der Waals surface area contributed by atoms with Gasteiger partial charge in [0.15, 0.2) is 17.1 Å². The van der Waals surface area contributed by atoms with E-state index in [1.54, 1.807) is 0 Å². The van der Waals surface area contributed by atoms with Crippen molar-refractivity contribution in [2.75, 3.05) is 30.8 Å². The lowest BCUT2D eigenvalue weighted by Gasteiger charge is -2.21. The fourth-order valence-corrected chi connectivity index (χ4v) is 3.19. The third-order valence-electron chi connectivity index (χ3n) is 4.74. The van der Waals surface area contributed by atoms with Crippen molar-refractivity contribution in [3.63, 3.8) is 0 Å². The van der Waals surface area contributed by atoms with Gasteiger partial charge in [-0.3, -0.25) is 4.79 Å². The van der Waals surface area contributed by atoms with E-state index < -0.39 is 30.9 Å². The summed E-state index contributed by atoms with van der Waals surface area (Å²) < 4.78 is 62.1. The second-order valence-electron chi connectivity index (χ2n) is 6.88. The van der Waals surface area contributed by atoms with E-state index in [1.165, 1.54) is 24.4 Å². The van der Waals surface area contributed by atoms with Crippen LogP contribution in [0.15, 0.2) is 24.4 Å². The molecule has 3 N–H and O–H groups in total. The van der Waals surface area contributed by atoms with Crippen LogP contribution in [0, 0.1) is 5.82 Å². The number of carbonyl (C=O) groups excluding carboxylic acids is 1. The van der Waals surface area contributed by atoms with E-state index in [9.17, 15) is 13.6 Å². The highest BCUT2D eigenvalue weighted by molar-refractivity contribution is 6.00. The molecule has 1 aliphatic heterocycles. The van der Waals surface area contributed by atoms with E-state index >= 15 is 0 Å². The summed E-state index contributed by atoms with van der Waals surface area (Å²) in [6.07, 6.45) is 0.335. The summed E-state index contributed by atoms with van der Waals surface area (Å²) in [7, 11) is 0. The number of hydrogen-bond acceptors (Lipinski definition) is 7. The third-order valence-corrected chi connectivity index (χ3v) is 4.74. The zero-order valence-electron chi connectivity index (χ0n) is 18.4. The highest BCUT2D eigenvalue weighted by Crippen LogP contribution is 2.40. The van der Waals surface area contributed by atoms with E-state index in [4.69, 9.17) is 13.6 Å². The molecule has 30 heavy (non-hydrogen) atoms. The molecule has 0 spiro atoms. The molecule has 5 rings (SSSR count). The Morgan fingerprint density at radius 1 is 1.33 bits per heavy atom. The predicted molar refractivity (Wildman–Crippen MR) is 104 cm³/mol. The number of carbonyl (C=O) groups is 1. The lowest BCUT2D eigenvalue weighted by molar-refractivity contribution is 0.0949. The van der Waals surface area contributed by atoms with Crippen LogP contribution in [-0.4, -0.2) is 52.9 Å². The number of hydrogen-bond donors (Lipinski definition) is 3. The van der Waals surface area contributed by atoms with E-state index in [1.807, 2.05) is 0 Å². The van der Waals surface area contributed by atoms with Gasteiger partial charge in [-0.15, -0.1) is 0 Å². The number of amides is 1. The van der Waals surface area contributed by atoms with Crippen LogP contribution >= 0.6 is 0 Å². The Hall–Kier alpha value is -3.63. The molecular formula is C19H18F2N6O3. The lowest BCUT2D eigenvalue weighted by atomic mass is 10.2. The summed E-state index contributed by atoms with van der Waals surface area (Å²) in [5.41, 5.74) is 0.236. The maximum atomic E-state index is 14.1. The number of ether oxygens (including phenoxy) is 2. The van der Waals surface area contributed by atoms with Crippen LogP contribution in [0.25, 0.3) is 5.65 Å². The highest BCUT2D eigenvalue weighted by atomic mass is 19.1. The van der Waals surface area contributed by atoms with Gasteiger partial charge in [0.25, 0.3) is 5.91 Å². The molecule has 1 aromatic carbocycles. The van der Waals surface area contributed by atoms with E-state index in [2.05, 4.69) is 26.0 Å². The van der Waals surface area contributed by atoms with Crippen LogP contribution in [-0.2, 0) is 0 Å². The fraction of sp³-hybridized carbons (Fsp3) is 0.316. The maximum Gasteiger partial charge on any atom is 0.257 e. The van der Waals surface area contributed by atoms with Crippen LogP contribution < -0.4 is 25.4 Å². The normalized spacial score (nSPS) is 21.3. The number of halogens is 2. The molecule has 0 saturated heterocycles. The van der Waals surface area contributed by atoms with Crippen molar-refractivity contribution >= 4 is 28.9 Å². The van der Waals surface area contributed by atoms with Gasteiger partial charge in [-0.2, -0.15) is 9.61 Å². The van der Waals surface area contributed by atoms with Gasteiger partial charge in [0, 0.05) is 35.7 Å². The fourth-order valence-electron chi connectivity index (χ4n) is 3.19. The Morgan fingerprint density at radius 2 is 2.17 bits per heavy atom. The van der Waals surface area contributed by atoms with Crippen molar-refractivity contribution in [2.24, 2.45) is 0 Å². The number of alkyl halides is 1. The molecule has 0 radical (unpaired) electrons. The summed E-state index contributed by atoms with van der Waals surface area (Å²) in [6.45, 7) is -2.05. The van der Waals surface area contributed by atoms with Crippen LogP contribution in [0.3, 0.4) is 0 Å². The molecule has 2 aromatic heterocycles. The number of rotatable bonds is 5. The molecule has 2 aliphatic rings. The lowest BCUT2D eigenvalue weighted by Crippen LogP contribution is -2.27. The monoisotopic (exact) mass is 419 g/mol. The minimum atomic E-state index is -2.58. The molecule has 3 heterocycles. The first kappa shape index (κ1) is 15.2. The van der Waals surface area contributed by atoms with Gasteiger partial charge in [0.2, 0.25) is 0 Å². The van der Waals surface area contributed by atoms with Gasteiger partial charge in [-0.1, -0.05) is 0 Å². The van der Waals surface area contributed by atoms with Crippen LogP contribution in [0.5, 0.6) is 11.5 Å². The molecule has 9 nitrogen and oxygen atoms in total. The van der Waals surface area contributed by atoms with E-state index in [0.717, 1.165) is 4.52 Å². The molecule has 1 saturated carbocycles. The number of benzene rings is 1. The average Bonchev–Trinajstić information content (AvgIpc) is 3.24. The highest BCUT2D eigenvalue weighted by Gasteiger charge is 2.39. The Labute approximate surface area is 173 Å². The van der Waals surface area contributed by atoms with Crippen molar-refractivity contribution in [1.29, 1.82) is 0 Å². The summed E-state index contributed by atoms with van der Waals surface area (Å²) in [5.74, 6) is -0.624. The molecule has 11 heteroatoms. The Kier molecular flexibility index (Phi) is 3.56. The maximum absolute atomic E-state index is 14.1. The smallest absolute Gasteiger partial charge is 0.257 e. The van der Waals surface area contributed by atoms with Crippen LogP contribution in [0.2, 0.25) is 0 Å². The quantitative estimate of drug-likeness (QED) is 0.583. The summed E-state index contributed by atoms with van der Waals surface area (Å²) >= 11 is 0. The van der Waals surface area contributed by atoms with E-state index in [0.29, 0.717) is 0 Å². The van der Waals surface area contributed by atoms with E-state index in [-0.39, 0.29) is 59.7 Å². The van der Waals surface area contributed by atoms with Gasteiger partial charge in [0.1, 0.15) is 42.4 Å². The van der Waals surface area contributed by atoms with Gasteiger partial charge in [-0.05, 0) is 0 Å². The average molecular weight is 419 g/mol. The zero-order chi connectivity index (χ0) is 23.3. The van der Waals surface area contributed by atoms with Crippen molar-refractivity contribution in [1.82, 2.24) is 19.9 Å². The molecule has 1 amide bonds. The van der Waals surface area contributed by atoms with Gasteiger partial charge >= 0.3 is 0 Å². The second kappa shape index (κ2) is 7.01. The largest absolute Gasteiger partial charge is 0.486 e. The summed E-state index contributed by atoms with van der Waals surface area (Å²) in [6, 6.07) is 3.12. The van der Waals surface area contributed by atoms with Gasteiger partial charge < -0.3 is 25.4 Å². The van der Waals surface area contributed by atoms with Crippen molar-refractivity contribution in [3.05, 3.63) is 35.8 Å². The minimum absolute atomic E-state index is 0.00113. The third kappa shape index (κ3) is 3.21. The predicted octanol–water partition coefficient (Wildman–Crippen LogP) is 2.27. The van der Waals surface area contributed by atoms with Crippen LogP contribution in [0.4, 0.5) is 26.1 Å². The Balaban J connectivity index is 1.56. The molecule has 1 fully saturated rings. The Morgan fingerprint density at radius 3 is 2.97 bits per heavy atom. The minimum Gasteiger partial charge on any atom is -0.486 e. The number of nitrogens with zero attached hydrogens (tertiary/aromatic N) is 3. The van der Waals surface area contributed by atoms with Gasteiger partial charge in [-0.25, -0.2) is 13.8 Å². The first-order chi connectivity index (χ1) is 15.7. The zero-order valence-corrected chi connectivity index (χ0v) is 15.4. The molecule has 0 unspecified atom stereocenters. The van der Waals surface area contributed by atoms with Crippen molar-refractivity contribution < 1.29 is 27.2 Å². The summed E-state index contributed by atoms with van der Waals surface area (Å²) in [5, 5.41) is 11.8. The Bertz CT molecular complexity index is 1250. The number of anilines is 3. The molecular weight excluding hydrogens is 398 g/mol. The first-order valence-corrected chi connectivity index (χ1v) is 9.16. The van der Waals surface area contributed by atoms with Crippen molar-refractivity contribution in [2.45, 2.75) is 18.6 Å². The van der Waals surface area contributed by atoms with Crippen molar-refractivity contribution in [3.8, 4) is 11.5 Å². The van der Waals surface area contributed by atoms with Crippen LogP contribution in [0.1, 0.15) is 20.9 Å². The first-order valence-electron chi connectivity index (χ1n) is 10.7. The standard InChI is InChI=1S/C19H18F2N6O3/c1-22-16-7-15(24-13-4-9(20)5-14-17(13)30-3-2-29-14)26-18-10(8-23-27(16)18)19(28)25-12-6-11(12)21/h4-5,7-8,11-12,22H,2-3,6H2,1H3,(H,24,26)(H,25,28)/t11-,12+/m1/s1/i1D3. The SMILES string of the molecule is [2H]C([2H])([2H])Nc1cc(Nc2cc(F)cc3c2OCCO3)nc2c(C(=O)N[C@H]3C[C@H]3F)cnn12. The molecule has 156 valence electrons. The number of nitrogens with one attached hydrogen (secondary N) is 3. The molecule has 2 atom stereocenters. The topological polar surface area (TPSA) is 102 Å². The number of aromatic nitrogens is 3. The molecule has 1 aliphatic carbocycles. The number of fused-ring (bicyclic) bond motifs is 2. The molecule has 0 bridgehead atoms. The molecule has 3 aromatic rings. The second-order valence-corrected chi connectivity index (χ2v) is 6.88. The van der Waals surface area contributed by atoms with Gasteiger partial charge in [0.05, 0.1) is 17.9 Å².